The van der Waals surface area contributed by atoms with Crippen LogP contribution in [0.2, 0.25) is 0 Å². The van der Waals surface area contributed by atoms with E-state index >= 15 is 105 Å². The summed E-state index contributed by atoms with van der Waals surface area (Å²) in [6, 6.07) is 6.59. The van der Waals surface area contributed by atoms with Crippen LogP contribution in [0.3, 0.4) is 0 Å². The van der Waals surface area contributed by atoms with Gasteiger partial charge in [-0.2, -0.15) is 0 Å². The van der Waals surface area contributed by atoms with Gasteiger partial charge in [0.1, 0.15) is 17.1 Å². The molecule has 0 unspecified atom stereocenters. The Labute approximate surface area is 513 Å². The van der Waals surface area contributed by atoms with E-state index in [-0.39, 0.29) is 0 Å². The standard InChI is InChI=1S/C60H12BF30N3O3/c62-22-19(23(63)29(69)34(74)28(22)68)52-13-7-1-4-10-16(13)58(92(52)55-46(86)40(80)37(77)41(81)47(55)87)95-61(96-59-17-11-5-2-8-14(17)53(20-24(64)30(70)35(75)31(71)25(20)65)93(59)56-48(88)42(82)38(78)43(83)49(56)89)97-60-18-12-6-3-9-15(18)54(21-26(66)32(72)36(76)33(73)27(21)67)94(60)57-50(90)44(84)39(79)45(85)51(57)91/h1-12H. The topological polar surface area (TPSA) is 42.5 Å². The van der Waals surface area contributed by atoms with Gasteiger partial charge in [0.2, 0.25) is 34.9 Å². The van der Waals surface area contributed by atoms with Crippen molar-refractivity contribution in [2.24, 2.45) is 0 Å². The van der Waals surface area contributed by atoms with E-state index < -0.39 is 296 Å². The Bertz CT molecular complexity index is 4790. The van der Waals surface area contributed by atoms with E-state index in [1.807, 2.05) is 0 Å². The van der Waals surface area contributed by atoms with Crippen molar-refractivity contribution in [3.63, 3.8) is 0 Å². The van der Waals surface area contributed by atoms with Gasteiger partial charge in [0.25, 0.3) is 0 Å². The summed E-state index contributed by atoms with van der Waals surface area (Å²) in [6.07, 6.45) is 0. The lowest BCUT2D eigenvalue weighted by molar-refractivity contribution is 0.287. The first-order valence-electron chi connectivity index (χ1n) is 25.7. The summed E-state index contributed by atoms with van der Waals surface area (Å²) in [5, 5.41) is -8.08. The molecule has 498 valence electrons. The van der Waals surface area contributed by atoms with Crippen molar-refractivity contribution in [3.8, 4) is 68.5 Å². The average Bonchev–Trinajstić information content (AvgIpc) is 1.60. The number of aromatic nitrogens is 3. The minimum absolute atomic E-state index is 0.419. The molecule has 0 aliphatic carbocycles. The van der Waals surface area contributed by atoms with Crippen LogP contribution in [-0.4, -0.2) is 21.0 Å². The van der Waals surface area contributed by atoms with Gasteiger partial charge in [-0.15, -0.1) is 0 Å². The van der Waals surface area contributed by atoms with Gasteiger partial charge in [0, 0.05) is 32.3 Å². The maximum atomic E-state index is 16.7. The van der Waals surface area contributed by atoms with E-state index in [0.717, 1.165) is 0 Å². The summed E-state index contributed by atoms with van der Waals surface area (Å²) in [6.45, 7) is 0. The van der Waals surface area contributed by atoms with Crippen LogP contribution in [0.4, 0.5) is 132 Å². The molecule has 0 saturated heterocycles. The molecular weight excluding hydrogens is 1390 g/mol. The Morgan fingerprint density at radius 3 is 0.505 bits per heavy atom. The van der Waals surface area contributed by atoms with Gasteiger partial charge in [-0.05, 0) is 18.2 Å². The molecule has 0 N–H and O–H groups in total. The number of benzene rings is 9. The maximum Gasteiger partial charge on any atom is 0.867 e. The quantitative estimate of drug-likeness (QED) is 0.0530. The van der Waals surface area contributed by atoms with Gasteiger partial charge in [0.05, 0.1) is 33.8 Å². The Hall–Kier alpha value is -11.0. The molecule has 97 heavy (non-hydrogen) atoms. The number of fused-ring (bicyclic) bond motifs is 3. The number of hydrogen-bond acceptors (Lipinski definition) is 3. The Balaban J connectivity index is 1.31. The van der Waals surface area contributed by atoms with E-state index in [4.69, 9.17) is 14.0 Å². The summed E-state index contributed by atoms with van der Waals surface area (Å²) in [7, 11) is -4.17. The van der Waals surface area contributed by atoms with Crippen molar-refractivity contribution in [1.29, 1.82) is 0 Å². The van der Waals surface area contributed by atoms with E-state index in [1.165, 1.54) is 0 Å². The smallest absolute Gasteiger partial charge is 0.475 e. The predicted octanol–water partition coefficient (Wildman–Crippen LogP) is 19.2. The zero-order chi connectivity index (χ0) is 70.6. The van der Waals surface area contributed by atoms with Crippen LogP contribution in [-0.2, 0) is 0 Å². The molecule has 6 nitrogen and oxygen atoms in total. The van der Waals surface area contributed by atoms with Crippen LogP contribution in [0.25, 0.3) is 83.2 Å². The number of halogens is 30. The average molecular weight is 1400 g/mol. The van der Waals surface area contributed by atoms with Gasteiger partial charge < -0.3 is 14.0 Å². The first kappa shape index (κ1) is 66.0. The zero-order valence-corrected chi connectivity index (χ0v) is 45.4. The van der Waals surface area contributed by atoms with Gasteiger partial charge in [-0.3, -0.25) is 13.7 Å². The van der Waals surface area contributed by atoms with Gasteiger partial charge in [-0.1, -0.05) is 54.6 Å². The van der Waals surface area contributed by atoms with Crippen LogP contribution in [0, 0.1) is 175 Å². The molecule has 3 heterocycles. The molecule has 12 rings (SSSR count). The van der Waals surface area contributed by atoms with Crippen molar-refractivity contribution in [1.82, 2.24) is 13.7 Å². The SMILES string of the molecule is Fc1c(F)c(F)c(-c2c3ccccc3c(OB(Oc3c4ccccc4c(-c4c(F)c(F)c(F)c(F)c4F)n3-c3c(F)c(F)c(F)c(F)c3F)Oc3c4ccccc4c(-c4c(F)c(F)c(F)c(F)c4F)n3-c3c(F)c(F)c(F)c(F)c3F)n2-c2c(F)c(F)c(F)c(F)c2F)c(F)c1F. The lowest BCUT2D eigenvalue weighted by Gasteiger charge is -2.23. The number of hydrogen-bond donors (Lipinski definition) is 0. The molecule has 12 aromatic rings. The van der Waals surface area contributed by atoms with Crippen molar-refractivity contribution in [3.05, 3.63) is 247 Å². The van der Waals surface area contributed by atoms with Crippen LogP contribution in [0.5, 0.6) is 17.6 Å². The molecule has 0 aliphatic rings. The van der Waals surface area contributed by atoms with E-state index in [9.17, 15) is 26.3 Å². The first-order valence-corrected chi connectivity index (χ1v) is 25.7. The normalized spacial score (nSPS) is 11.8. The molecule has 9 aromatic carbocycles. The third-order valence-corrected chi connectivity index (χ3v) is 14.7. The molecule has 0 atom stereocenters. The first-order chi connectivity index (χ1) is 45.7. The predicted molar refractivity (Wildman–Crippen MR) is 273 cm³/mol. The summed E-state index contributed by atoms with van der Waals surface area (Å²) in [5.74, 6) is -99.6. The fourth-order valence-corrected chi connectivity index (χ4v) is 10.5. The van der Waals surface area contributed by atoms with Crippen molar-refractivity contribution < 1.29 is 146 Å². The Kier molecular flexibility index (Phi) is 15.9. The van der Waals surface area contributed by atoms with Crippen LogP contribution in [0.15, 0.2) is 72.8 Å². The molecule has 3 aromatic heterocycles. The van der Waals surface area contributed by atoms with Crippen LogP contribution >= 0.6 is 0 Å². The fraction of sp³-hybridized carbons (Fsp3) is 0. The van der Waals surface area contributed by atoms with E-state index in [1.54, 1.807) is 0 Å². The molecule has 0 aliphatic heterocycles. The largest absolute Gasteiger partial charge is 0.867 e. The molecule has 0 radical (unpaired) electrons. The molecule has 0 bridgehead atoms. The third-order valence-electron chi connectivity index (χ3n) is 14.7. The summed E-state index contributed by atoms with van der Waals surface area (Å²) < 4.78 is 489. The lowest BCUT2D eigenvalue weighted by Crippen LogP contribution is -2.39. The van der Waals surface area contributed by atoms with E-state index in [0.29, 0.717) is 72.8 Å². The van der Waals surface area contributed by atoms with Crippen molar-refractivity contribution in [2.75, 3.05) is 0 Å². The molecule has 37 heteroatoms. The summed E-state index contributed by atoms with van der Waals surface area (Å²) in [4.78, 5) is 0. The van der Waals surface area contributed by atoms with Crippen molar-refractivity contribution >= 4 is 39.6 Å². The second-order valence-corrected chi connectivity index (χ2v) is 19.8. The molecule has 0 fully saturated rings. The highest BCUT2D eigenvalue weighted by Gasteiger charge is 2.46. The summed E-state index contributed by atoms with van der Waals surface area (Å²) in [5.41, 5.74) is -21.8. The lowest BCUT2D eigenvalue weighted by atomic mass is 10.0. The monoisotopic (exact) mass is 1400 g/mol. The third kappa shape index (κ3) is 9.36. The highest BCUT2D eigenvalue weighted by molar-refractivity contribution is 6.40. The summed E-state index contributed by atoms with van der Waals surface area (Å²) >= 11 is 0. The second kappa shape index (κ2) is 23.4. The van der Waals surface area contributed by atoms with Gasteiger partial charge in [-0.25, -0.2) is 132 Å². The molecular formula is C60H12BF30N3O3. The van der Waals surface area contributed by atoms with Crippen LogP contribution in [0.1, 0.15) is 0 Å². The molecule has 0 saturated carbocycles. The highest BCUT2D eigenvalue weighted by atomic mass is 19.2. The zero-order valence-electron chi connectivity index (χ0n) is 45.4. The maximum absolute atomic E-state index is 16.7. The minimum Gasteiger partial charge on any atom is -0.475 e. The fourth-order valence-electron chi connectivity index (χ4n) is 10.5. The highest BCUT2D eigenvalue weighted by Crippen LogP contribution is 2.51. The number of rotatable bonds is 12. The van der Waals surface area contributed by atoms with Crippen molar-refractivity contribution in [2.45, 2.75) is 0 Å². The van der Waals surface area contributed by atoms with Gasteiger partial charge in [0.15, 0.2) is 157 Å². The van der Waals surface area contributed by atoms with Crippen LogP contribution < -0.4 is 14.0 Å². The Morgan fingerprint density at radius 2 is 0.330 bits per heavy atom. The molecule has 0 spiro atoms. The van der Waals surface area contributed by atoms with Gasteiger partial charge >= 0.3 is 7.32 Å². The molecule has 0 amide bonds. The second-order valence-electron chi connectivity index (χ2n) is 19.8. The van der Waals surface area contributed by atoms with E-state index in [2.05, 4.69) is 0 Å². The minimum atomic E-state index is -4.17. The Morgan fingerprint density at radius 1 is 0.186 bits per heavy atom. The number of nitrogens with zero attached hydrogens (tertiary/aromatic N) is 3.